The highest BCUT2D eigenvalue weighted by Crippen LogP contribution is 2.47. The first-order chi connectivity index (χ1) is 16.5. The zero-order chi connectivity index (χ0) is 25.4. The van der Waals surface area contributed by atoms with E-state index in [4.69, 9.17) is 4.74 Å². The Bertz CT molecular complexity index is 958. The number of benzene rings is 1. The lowest BCUT2D eigenvalue weighted by atomic mass is 9.85. The number of hydrogen-bond donors (Lipinski definition) is 1. The van der Waals surface area contributed by atoms with Crippen molar-refractivity contribution in [1.82, 2.24) is 9.80 Å². The lowest BCUT2D eigenvalue weighted by Gasteiger charge is -2.45. The van der Waals surface area contributed by atoms with Crippen molar-refractivity contribution < 1.29 is 41.7 Å². The number of para-hydroxylation sites is 1. The lowest BCUT2D eigenvalue weighted by Crippen LogP contribution is -2.53. The molecule has 1 spiro atoms. The zero-order valence-electron chi connectivity index (χ0n) is 19.6. The molecular weight excluding hydrogens is 472 g/mol. The molecule has 194 valence electrons. The van der Waals surface area contributed by atoms with Crippen LogP contribution in [0.3, 0.4) is 0 Å². The van der Waals surface area contributed by atoms with Gasteiger partial charge in [0.1, 0.15) is 12.0 Å². The summed E-state index contributed by atoms with van der Waals surface area (Å²) in [6, 6.07) is 4.63. The van der Waals surface area contributed by atoms with Gasteiger partial charge in [0.15, 0.2) is 17.7 Å². The van der Waals surface area contributed by atoms with Gasteiger partial charge in [-0.25, -0.2) is 9.18 Å². The number of rotatable bonds is 7. The summed E-state index contributed by atoms with van der Waals surface area (Å²) in [4.78, 5) is 27.2. The average Bonchev–Trinajstić information content (AvgIpc) is 3.50. The second-order valence-corrected chi connectivity index (χ2v) is 9.91. The van der Waals surface area contributed by atoms with E-state index < -0.39 is 35.6 Å². The van der Waals surface area contributed by atoms with E-state index in [0.717, 1.165) is 26.3 Å². The number of halogens is 4. The molecule has 1 aromatic rings. The number of amides is 1. The van der Waals surface area contributed by atoms with Gasteiger partial charge in [-0.1, -0.05) is 12.1 Å². The van der Waals surface area contributed by atoms with Gasteiger partial charge < -0.3 is 19.5 Å². The Balaban J connectivity index is 1.40. The maximum absolute atomic E-state index is 14.7. The molecule has 4 rings (SSSR count). The highest BCUT2D eigenvalue weighted by Gasteiger charge is 2.51. The summed E-state index contributed by atoms with van der Waals surface area (Å²) in [5.74, 6) is -1.43. The SMILES string of the molecule is CC(OC(=O)N1CCC2(CCCN2Cc2cccc(F)c2OCC2(C(=O)O)CC2)CC1)C(F)(F)F. The molecule has 7 nitrogen and oxygen atoms in total. The molecule has 2 saturated heterocycles. The number of piperidine rings is 1. The average molecular weight is 503 g/mol. The smallest absolute Gasteiger partial charge is 0.425 e. The highest BCUT2D eigenvalue weighted by atomic mass is 19.4. The Hall–Kier alpha value is -2.56. The van der Waals surface area contributed by atoms with Gasteiger partial charge in [-0.3, -0.25) is 9.69 Å². The molecule has 1 saturated carbocycles. The molecule has 0 aromatic heterocycles. The fourth-order valence-corrected chi connectivity index (χ4v) is 5.03. The number of carboxylic acid groups (broad SMARTS) is 1. The number of hydrogen-bond acceptors (Lipinski definition) is 5. The van der Waals surface area contributed by atoms with Crippen LogP contribution in [0.15, 0.2) is 18.2 Å². The number of likely N-dealkylation sites (tertiary alicyclic amines) is 2. The molecule has 1 unspecified atom stereocenters. The molecular formula is C24H30F4N2O5. The van der Waals surface area contributed by atoms with Crippen molar-refractivity contribution in [2.45, 2.75) is 69.8 Å². The maximum atomic E-state index is 14.7. The number of nitrogens with zero attached hydrogens (tertiary/aromatic N) is 2. The van der Waals surface area contributed by atoms with Gasteiger partial charge in [0, 0.05) is 30.7 Å². The van der Waals surface area contributed by atoms with E-state index in [1.54, 1.807) is 12.1 Å². The van der Waals surface area contributed by atoms with Crippen LogP contribution < -0.4 is 4.74 Å². The minimum atomic E-state index is -4.61. The first kappa shape index (κ1) is 25.5. The summed E-state index contributed by atoms with van der Waals surface area (Å²) < 4.78 is 63.1. The van der Waals surface area contributed by atoms with Crippen molar-refractivity contribution in [3.63, 3.8) is 0 Å². The summed E-state index contributed by atoms with van der Waals surface area (Å²) in [6.45, 7) is 2.41. The summed E-state index contributed by atoms with van der Waals surface area (Å²) in [7, 11) is 0. The van der Waals surface area contributed by atoms with Crippen LogP contribution in [0.25, 0.3) is 0 Å². The standard InChI is InChI=1S/C24H30F4N2O5/c1-16(24(26,27)28)35-21(33)29-12-9-23(10-13-29)6-3-11-30(23)14-17-4-2-5-18(25)19(17)34-15-22(7-8-22)20(31)32/h2,4-5,16H,3,6-15H2,1H3,(H,31,32). The Morgan fingerprint density at radius 2 is 1.80 bits per heavy atom. The van der Waals surface area contributed by atoms with E-state index in [1.165, 1.54) is 11.0 Å². The first-order valence-corrected chi connectivity index (χ1v) is 11.9. The molecule has 2 aliphatic heterocycles. The van der Waals surface area contributed by atoms with Crippen molar-refractivity contribution in [3.05, 3.63) is 29.6 Å². The van der Waals surface area contributed by atoms with E-state index in [-0.39, 0.29) is 31.0 Å². The van der Waals surface area contributed by atoms with Crippen LogP contribution in [-0.4, -0.2) is 71.0 Å². The van der Waals surface area contributed by atoms with E-state index in [1.807, 2.05) is 0 Å². The second-order valence-electron chi connectivity index (χ2n) is 9.91. The molecule has 1 atom stereocenters. The molecule has 2 heterocycles. The van der Waals surface area contributed by atoms with Gasteiger partial charge in [-0.15, -0.1) is 0 Å². The van der Waals surface area contributed by atoms with E-state index in [2.05, 4.69) is 9.64 Å². The summed E-state index contributed by atoms with van der Waals surface area (Å²) in [5.41, 5.74) is -0.581. The quantitative estimate of drug-likeness (QED) is 0.550. The van der Waals surface area contributed by atoms with Crippen LogP contribution in [0.4, 0.5) is 22.4 Å². The van der Waals surface area contributed by atoms with Crippen molar-refractivity contribution >= 4 is 12.1 Å². The number of carboxylic acids is 1. The van der Waals surface area contributed by atoms with E-state index in [0.29, 0.717) is 37.8 Å². The lowest BCUT2D eigenvalue weighted by molar-refractivity contribution is -0.200. The molecule has 1 aromatic carbocycles. The molecule has 0 radical (unpaired) electrons. The van der Waals surface area contributed by atoms with Crippen LogP contribution >= 0.6 is 0 Å². The third-order valence-corrected chi connectivity index (χ3v) is 7.64. The predicted molar refractivity (Wildman–Crippen MR) is 116 cm³/mol. The van der Waals surface area contributed by atoms with E-state index >= 15 is 0 Å². The van der Waals surface area contributed by atoms with Crippen LogP contribution in [-0.2, 0) is 16.1 Å². The van der Waals surface area contributed by atoms with Crippen LogP contribution in [0, 0.1) is 11.2 Å². The first-order valence-electron chi connectivity index (χ1n) is 11.9. The molecule has 1 aliphatic carbocycles. The second kappa shape index (κ2) is 9.48. The fraction of sp³-hybridized carbons (Fsp3) is 0.667. The van der Waals surface area contributed by atoms with Crippen molar-refractivity contribution in [1.29, 1.82) is 0 Å². The predicted octanol–water partition coefficient (Wildman–Crippen LogP) is 4.59. The third-order valence-electron chi connectivity index (χ3n) is 7.64. The number of ether oxygens (including phenoxy) is 2. The van der Waals surface area contributed by atoms with E-state index in [9.17, 15) is 32.3 Å². The van der Waals surface area contributed by atoms with Crippen LogP contribution in [0.5, 0.6) is 5.75 Å². The molecule has 1 amide bonds. The van der Waals surface area contributed by atoms with Gasteiger partial charge in [0.05, 0.1) is 0 Å². The Labute approximate surface area is 201 Å². The Morgan fingerprint density at radius 3 is 2.40 bits per heavy atom. The number of carbonyl (C=O) groups excluding carboxylic acids is 1. The molecule has 35 heavy (non-hydrogen) atoms. The summed E-state index contributed by atoms with van der Waals surface area (Å²) >= 11 is 0. The molecule has 11 heteroatoms. The minimum absolute atomic E-state index is 0.0595. The Morgan fingerprint density at radius 1 is 1.11 bits per heavy atom. The van der Waals surface area contributed by atoms with Gasteiger partial charge >= 0.3 is 18.2 Å². The van der Waals surface area contributed by atoms with Crippen LogP contribution in [0.2, 0.25) is 0 Å². The molecule has 0 bridgehead atoms. The van der Waals surface area contributed by atoms with Gasteiger partial charge in [0.2, 0.25) is 0 Å². The fourth-order valence-electron chi connectivity index (χ4n) is 5.03. The molecule has 3 fully saturated rings. The minimum Gasteiger partial charge on any atom is -0.489 e. The zero-order valence-corrected chi connectivity index (χ0v) is 19.6. The van der Waals surface area contributed by atoms with Crippen LogP contribution in [0.1, 0.15) is 51.0 Å². The van der Waals surface area contributed by atoms with Gasteiger partial charge in [0.25, 0.3) is 0 Å². The van der Waals surface area contributed by atoms with Crippen molar-refractivity contribution in [3.8, 4) is 5.75 Å². The van der Waals surface area contributed by atoms with Gasteiger partial charge in [-0.2, -0.15) is 13.2 Å². The summed E-state index contributed by atoms with van der Waals surface area (Å²) in [6.07, 6.45) is -3.84. The number of alkyl halides is 3. The normalized spacial score (nSPS) is 22.1. The molecule has 3 aliphatic rings. The number of carbonyl (C=O) groups is 2. The van der Waals surface area contributed by atoms with Crippen molar-refractivity contribution in [2.75, 3.05) is 26.2 Å². The monoisotopic (exact) mass is 502 g/mol. The largest absolute Gasteiger partial charge is 0.489 e. The Kier molecular flexibility index (Phi) is 6.91. The topological polar surface area (TPSA) is 79.3 Å². The van der Waals surface area contributed by atoms with Crippen molar-refractivity contribution in [2.24, 2.45) is 5.41 Å². The van der Waals surface area contributed by atoms with Gasteiger partial charge in [-0.05, 0) is 58.1 Å². The highest BCUT2D eigenvalue weighted by molar-refractivity contribution is 5.78. The molecule has 1 N–H and O–H groups in total. The number of aliphatic carboxylic acids is 1. The summed E-state index contributed by atoms with van der Waals surface area (Å²) in [5, 5.41) is 9.39. The maximum Gasteiger partial charge on any atom is 0.425 e. The third kappa shape index (κ3) is 5.34.